The van der Waals surface area contributed by atoms with Gasteiger partial charge in [0.05, 0.1) is 31.9 Å². The van der Waals surface area contributed by atoms with Crippen molar-refractivity contribution in [3.05, 3.63) is 57.2 Å². The first kappa shape index (κ1) is 19.1. The van der Waals surface area contributed by atoms with Crippen LogP contribution in [0, 0.1) is 0 Å². The number of carbonyl (C=O) groups excluding carboxylic acids is 1. The summed E-state index contributed by atoms with van der Waals surface area (Å²) in [5, 5.41) is 0.829. The lowest BCUT2D eigenvalue weighted by atomic mass is 10.1. The fourth-order valence-electron chi connectivity index (χ4n) is 2.53. The molecule has 3 rings (SSSR count). The number of hydrogen-bond donors (Lipinski definition) is 0. The Labute approximate surface area is 165 Å². The molecular weight excluding hydrogens is 393 g/mol. The lowest BCUT2D eigenvalue weighted by molar-refractivity contribution is -0.129. The molecule has 0 spiro atoms. The molecule has 0 bridgehead atoms. The summed E-state index contributed by atoms with van der Waals surface area (Å²) in [4.78, 5) is 16.5. The number of methoxy groups -OCH3 is 3. The molecule has 0 amide bonds. The minimum atomic E-state index is -0.602. The van der Waals surface area contributed by atoms with Crippen molar-refractivity contribution in [2.24, 2.45) is 4.99 Å². The van der Waals surface area contributed by atoms with Gasteiger partial charge in [0, 0.05) is 5.02 Å². The van der Waals surface area contributed by atoms with Gasteiger partial charge in [0.15, 0.2) is 17.2 Å². The Bertz CT molecular complexity index is 944. The minimum Gasteiger partial charge on any atom is -0.493 e. The van der Waals surface area contributed by atoms with Crippen molar-refractivity contribution in [3.8, 4) is 17.2 Å². The highest BCUT2D eigenvalue weighted by atomic mass is 35.5. The van der Waals surface area contributed by atoms with Crippen LogP contribution in [0.1, 0.15) is 11.1 Å². The van der Waals surface area contributed by atoms with Gasteiger partial charge in [0.25, 0.3) is 0 Å². The van der Waals surface area contributed by atoms with Crippen molar-refractivity contribution in [2.75, 3.05) is 21.3 Å². The Balaban J connectivity index is 2.03. The summed E-state index contributed by atoms with van der Waals surface area (Å²) < 4.78 is 21.1. The molecule has 0 radical (unpaired) electrons. The fourth-order valence-corrected chi connectivity index (χ4v) is 2.90. The SMILES string of the molecule is COc1cc(C=C2N=C(c3cc(Cl)ccc3Cl)OC2=O)cc(OC)c1OC. The minimum absolute atomic E-state index is 0.0891. The molecule has 0 fully saturated rings. The maximum atomic E-state index is 12.2. The van der Waals surface area contributed by atoms with Crippen LogP contribution in [0.15, 0.2) is 41.0 Å². The highest BCUT2D eigenvalue weighted by Gasteiger charge is 2.26. The number of aliphatic imine (C=N–C) groups is 1. The number of benzene rings is 2. The van der Waals surface area contributed by atoms with Crippen LogP contribution in [-0.2, 0) is 9.53 Å². The van der Waals surface area contributed by atoms with Crippen molar-refractivity contribution < 1.29 is 23.7 Å². The third kappa shape index (κ3) is 3.86. The van der Waals surface area contributed by atoms with E-state index in [1.165, 1.54) is 21.3 Å². The first-order valence-electron chi connectivity index (χ1n) is 7.74. The van der Waals surface area contributed by atoms with Crippen LogP contribution in [0.5, 0.6) is 17.2 Å². The molecule has 27 heavy (non-hydrogen) atoms. The van der Waals surface area contributed by atoms with Crippen LogP contribution in [-0.4, -0.2) is 33.2 Å². The maximum absolute atomic E-state index is 12.2. The van der Waals surface area contributed by atoms with Crippen molar-refractivity contribution in [2.45, 2.75) is 0 Å². The van der Waals surface area contributed by atoms with E-state index in [0.717, 1.165) is 0 Å². The summed E-state index contributed by atoms with van der Waals surface area (Å²) in [6.45, 7) is 0. The number of halogens is 2. The lowest BCUT2D eigenvalue weighted by Gasteiger charge is -2.12. The Hall–Kier alpha value is -2.70. The molecule has 0 saturated heterocycles. The van der Waals surface area contributed by atoms with E-state index in [9.17, 15) is 4.79 Å². The molecule has 2 aromatic rings. The Kier molecular flexibility index (Phi) is 5.58. The van der Waals surface area contributed by atoms with Gasteiger partial charge in [-0.1, -0.05) is 23.2 Å². The van der Waals surface area contributed by atoms with E-state index < -0.39 is 5.97 Å². The van der Waals surface area contributed by atoms with Gasteiger partial charge in [-0.25, -0.2) is 9.79 Å². The molecule has 0 saturated carbocycles. The monoisotopic (exact) mass is 407 g/mol. The van der Waals surface area contributed by atoms with Gasteiger partial charge in [-0.15, -0.1) is 0 Å². The van der Waals surface area contributed by atoms with Gasteiger partial charge in [0.2, 0.25) is 11.6 Å². The summed E-state index contributed by atoms with van der Waals surface area (Å²) in [6, 6.07) is 8.22. The quantitative estimate of drug-likeness (QED) is 0.543. The number of rotatable bonds is 5. The van der Waals surface area contributed by atoms with Crippen molar-refractivity contribution in [3.63, 3.8) is 0 Å². The second kappa shape index (κ2) is 7.90. The predicted molar refractivity (Wildman–Crippen MR) is 103 cm³/mol. The molecule has 1 heterocycles. The first-order valence-corrected chi connectivity index (χ1v) is 8.50. The zero-order chi connectivity index (χ0) is 19.6. The molecule has 0 N–H and O–H groups in total. The van der Waals surface area contributed by atoms with Crippen LogP contribution in [0.3, 0.4) is 0 Å². The molecule has 1 aliphatic heterocycles. The number of hydrogen-bond acceptors (Lipinski definition) is 6. The lowest BCUT2D eigenvalue weighted by Crippen LogP contribution is -2.06. The van der Waals surface area contributed by atoms with Crippen LogP contribution < -0.4 is 14.2 Å². The van der Waals surface area contributed by atoms with Gasteiger partial charge < -0.3 is 18.9 Å². The standard InChI is InChI=1S/C19H15Cl2NO5/c1-24-15-7-10(8-16(25-2)17(15)26-3)6-14-19(23)27-18(22-14)12-9-11(20)4-5-13(12)21/h4-9H,1-3H3. The fraction of sp³-hybridized carbons (Fsp3) is 0.158. The highest BCUT2D eigenvalue weighted by molar-refractivity contribution is 6.36. The van der Waals surface area contributed by atoms with E-state index in [4.69, 9.17) is 42.1 Å². The molecule has 6 nitrogen and oxygen atoms in total. The first-order chi connectivity index (χ1) is 13.0. The molecule has 2 aromatic carbocycles. The Morgan fingerprint density at radius 1 is 1.00 bits per heavy atom. The average molecular weight is 408 g/mol. The summed E-state index contributed by atoms with van der Waals surface area (Å²) in [5.41, 5.74) is 1.17. The van der Waals surface area contributed by atoms with Gasteiger partial charge in [0.1, 0.15) is 0 Å². The highest BCUT2D eigenvalue weighted by Crippen LogP contribution is 2.39. The number of cyclic esters (lactones) is 1. The van der Waals surface area contributed by atoms with E-state index in [1.54, 1.807) is 36.4 Å². The zero-order valence-corrected chi connectivity index (χ0v) is 16.2. The van der Waals surface area contributed by atoms with E-state index in [-0.39, 0.29) is 11.6 Å². The third-order valence-corrected chi connectivity index (χ3v) is 4.33. The average Bonchev–Trinajstić information content (AvgIpc) is 3.02. The number of ether oxygens (including phenoxy) is 4. The van der Waals surface area contributed by atoms with Crippen LogP contribution >= 0.6 is 23.2 Å². The van der Waals surface area contributed by atoms with E-state index >= 15 is 0 Å². The Morgan fingerprint density at radius 3 is 2.26 bits per heavy atom. The van der Waals surface area contributed by atoms with E-state index in [0.29, 0.717) is 38.4 Å². The van der Waals surface area contributed by atoms with Crippen molar-refractivity contribution in [1.29, 1.82) is 0 Å². The molecule has 0 atom stereocenters. The topological polar surface area (TPSA) is 66.4 Å². The molecule has 0 aromatic heterocycles. The zero-order valence-electron chi connectivity index (χ0n) is 14.7. The molecular formula is C19H15Cl2NO5. The smallest absolute Gasteiger partial charge is 0.363 e. The summed E-state index contributed by atoms with van der Waals surface area (Å²) in [7, 11) is 4.53. The second-order valence-corrected chi connectivity index (χ2v) is 6.26. The van der Waals surface area contributed by atoms with Gasteiger partial charge >= 0.3 is 5.97 Å². The van der Waals surface area contributed by atoms with E-state index in [1.807, 2.05) is 0 Å². The molecule has 8 heteroatoms. The number of nitrogens with zero attached hydrogens (tertiary/aromatic N) is 1. The van der Waals surface area contributed by atoms with Crippen LogP contribution in [0.2, 0.25) is 10.0 Å². The summed E-state index contributed by atoms with van der Waals surface area (Å²) >= 11 is 12.1. The van der Waals surface area contributed by atoms with Crippen LogP contribution in [0.4, 0.5) is 0 Å². The molecule has 0 aliphatic carbocycles. The third-order valence-electron chi connectivity index (χ3n) is 3.77. The summed E-state index contributed by atoms with van der Waals surface area (Å²) in [6.07, 6.45) is 1.55. The van der Waals surface area contributed by atoms with Gasteiger partial charge in [-0.2, -0.15) is 0 Å². The maximum Gasteiger partial charge on any atom is 0.363 e. The van der Waals surface area contributed by atoms with E-state index in [2.05, 4.69) is 4.99 Å². The van der Waals surface area contributed by atoms with Crippen molar-refractivity contribution >= 4 is 41.1 Å². The normalized spacial score (nSPS) is 14.8. The number of esters is 1. The summed E-state index contributed by atoms with van der Waals surface area (Å²) in [5.74, 6) is 0.848. The van der Waals surface area contributed by atoms with Crippen LogP contribution in [0.25, 0.3) is 6.08 Å². The Morgan fingerprint density at radius 2 is 1.67 bits per heavy atom. The molecule has 140 valence electrons. The molecule has 1 aliphatic rings. The van der Waals surface area contributed by atoms with Crippen molar-refractivity contribution in [1.82, 2.24) is 0 Å². The molecule has 0 unspecified atom stereocenters. The van der Waals surface area contributed by atoms with Gasteiger partial charge in [-0.05, 0) is 42.0 Å². The van der Waals surface area contributed by atoms with Gasteiger partial charge in [-0.3, -0.25) is 0 Å². The number of carbonyl (C=O) groups is 1. The second-order valence-electron chi connectivity index (χ2n) is 5.42. The largest absolute Gasteiger partial charge is 0.493 e. The predicted octanol–water partition coefficient (Wildman–Crippen LogP) is 4.36.